The van der Waals surface area contributed by atoms with Gasteiger partial charge in [0, 0.05) is 12.0 Å². The average Bonchev–Trinajstić information content (AvgIpc) is 2.18. The fraction of sp³-hybridized carbons (Fsp3) is 1.00. The first-order valence-corrected chi connectivity index (χ1v) is 5.90. The molecule has 0 aliphatic heterocycles. The summed E-state index contributed by atoms with van der Waals surface area (Å²) in [5.74, 6) is 0.534. The van der Waals surface area contributed by atoms with Crippen LogP contribution in [0.15, 0.2) is 0 Å². The summed E-state index contributed by atoms with van der Waals surface area (Å²) in [7, 11) is 1.95. The first-order chi connectivity index (χ1) is 6.58. The van der Waals surface area contributed by atoms with Crippen LogP contribution in [0.1, 0.15) is 46.0 Å². The Balaban J connectivity index is 2.48. The molecule has 0 bridgehead atoms. The molecule has 1 aliphatic carbocycles. The quantitative estimate of drug-likeness (QED) is 0.727. The maximum atomic E-state index is 10.3. The van der Waals surface area contributed by atoms with Crippen molar-refractivity contribution in [3.63, 3.8) is 0 Å². The molecule has 0 amide bonds. The van der Waals surface area contributed by atoms with Gasteiger partial charge in [0.05, 0.1) is 6.10 Å². The smallest absolute Gasteiger partial charge is 0.0631 e. The van der Waals surface area contributed by atoms with E-state index in [9.17, 15) is 5.11 Å². The Morgan fingerprint density at radius 1 is 1.29 bits per heavy atom. The fourth-order valence-corrected chi connectivity index (χ4v) is 2.65. The summed E-state index contributed by atoms with van der Waals surface area (Å²) in [5.41, 5.74) is 0.0107. The number of aliphatic hydroxyl groups excluding tert-OH is 1. The predicted molar refractivity (Wildman–Crippen MR) is 60.3 cm³/mol. The van der Waals surface area contributed by atoms with Crippen LogP contribution in [-0.4, -0.2) is 24.8 Å². The van der Waals surface area contributed by atoms with Crippen molar-refractivity contribution in [3.8, 4) is 0 Å². The van der Waals surface area contributed by atoms with Gasteiger partial charge >= 0.3 is 0 Å². The van der Waals surface area contributed by atoms with Crippen LogP contribution in [0, 0.1) is 11.3 Å². The summed E-state index contributed by atoms with van der Waals surface area (Å²) in [6.07, 6.45) is 6.25. The zero-order chi connectivity index (χ0) is 10.6. The van der Waals surface area contributed by atoms with Crippen LogP contribution in [0.25, 0.3) is 0 Å². The van der Waals surface area contributed by atoms with E-state index in [0.29, 0.717) is 5.92 Å². The van der Waals surface area contributed by atoms with Crippen LogP contribution in [-0.2, 0) is 0 Å². The van der Waals surface area contributed by atoms with E-state index in [-0.39, 0.29) is 11.5 Å². The number of nitrogens with one attached hydrogen (secondary N) is 1. The van der Waals surface area contributed by atoms with Crippen LogP contribution < -0.4 is 5.32 Å². The van der Waals surface area contributed by atoms with Crippen LogP contribution >= 0.6 is 0 Å². The summed E-state index contributed by atoms with van der Waals surface area (Å²) in [6.45, 7) is 5.20. The van der Waals surface area contributed by atoms with Gasteiger partial charge in [0.2, 0.25) is 0 Å². The van der Waals surface area contributed by atoms with Crippen molar-refractivity contribution in [2.45, 2.75) is 52.1 Å². The maximum Gasteiger partial charge on any atom is 0.0631 e. The van der Waals surface area contributed by atoms with E-state index >= 15 is 0 Å². The number of rotatable bonds is 4. The SMILES string of the molecule is CNCC(C)(C)C(O)C1CCCCC1. The molecule has 2 N–H and O–H groups in total. The van der Waals surface area contributed by atoms with Gasteiger partial charge in [-0.05, 0) is 25.8 Å². The lowest BCUT2D eigenvalue weighted by Gasteiger charge is -2.37. The third-order valence-corrected chi connectivity index (χ3v) is 3.53. The van der Waals surface area contributed by atoms with Gasteiger partial charge in [-0.25, -0.2) is 0 Å². The van der Waals surface area contributed by atoms with Gasteiger partial charge in [0.15, 0.2) is 0 Å². The van der Waals surface area contributed by atoms with Gasteiger partial charge in [-0.1, -0.05) is 33.1 Å². The molecular weight excluding hydrogens is 174 g/mol. The predicted octanol–water partition coefficient (Wildman–Crippen LogP) is 2.17. The van der Waals surface area contributed by atoms with E-state index in [1.165, 1.54) is 32.1 Å². The molecule has 1 fully saturated rings. The van der Waals surface area contributed by atoms with Gasteiger partial charge in [0.25, 0.3) is 0 Å². The molecule has 1 atom stereocenters. The molecule has 0 spiro atoms. The van der Waals surface area contributed by atoms with Crippen molar-refractivity contribution in [1.29, 1.82) is 0 Å². The lowest BCUT2D eigenvalue weighted by atomic mass is 9.74. The highest BCUT2D eigenvalue weighted by Crippen LogP contribution is 2.34. The maximum absolute atomic E-state index is 10.3. The highest BCUT2D eigenvalue weighted by Gasteiger charge is 2.33. The largest absolute Gasteiger partial charge is 0.392 e. The van der Waals surface area contributed by atoms with E-state index in [2.05, 4.69) is 19.2 Å². The first-order valence-electron chi connectivity index (χ1n) is 5.90. The molecule has 14 heavy (non-hydrogen) atoms. The molecule has 1 unspecified atom stereocenters. The molecule has 84 valence electrons. The average molecular weight is 199 g/mol. The van der Waals surface area contributed by atoms with E-state index in [1.54, 1.807) is 0 Å². The Morgan fingerprint density at radius 2 is 1.86 bits per heavy atom. The molecule has 0 aromatic rings. The van der Waals surface area contributed by atoms with Crippen molar-refractivity contribution in [2.24, 2.45) is 11.3 Å². The van der Waals surface area contributed by atoms with Crippen LogP contribution in [0.5, 0.6) is 0 Å². The Labute approximate surface area is 88.1 Å². The summed E-state index contributed by atoms with van der Waals surface area (Å²) in [6, 6.07) is 0. The monoisotopic (exact) mass is 199 g/mol. The van der Waals surface area contributed by atoms with Crippen molar-refractivity contribution >= 4 is 0 Å². The van der Waals surface area contributed by atoms with Crippen LogP contribution in [0.4, 0.5) is 0 Å². The summed E-state index contributed by atoms with van der Waals surface area (Å²) < 4.78 is 0. The summed E-state index contributed by atoms with van der Waals surface area (Å²) >= 11 is 0. The highest BCUT2D eigenvalue weighted by atomic mass is 16.3. The molecule has 0 saturated heterocycles. The van der Waals surface area contributed by atoms with Crippen molar-refractivity contribution in [2.75, 3.05) is 13.6 Å². The molecule has 0 heterocycles. The van der Waals surface area contributed by atoms with Gasteiger partial charge in [0.1, 0.15) is 0 Å². The minimum Gasteiger partial charge on any atom is -0.392 e. The number of hydrogen-bond donors (Lipinski definition) is 2. The molecule has 1 rings (SSSR count). The Kier molecular flexibility index (Phi) is 4.39. The minimum atomic E-state index is -0.143. The molecule has 0 radical (unpaired) electrons. The minimum absolute atomic E-state index is 0.0107. The van der Waals surface area contributed by atoms with Gasteiger partial charge < -0.3 is 10.4 Å². The number of aliphatic hydroxyl groups is 1. The third-order valence-electron chi connectivity index (χ3n) is 3.53. The van der Waals surface area contributed by atoms with Crippen LogP contribution in [0.3, 0.4) is 0 Å². The van der Waals surface area contributed by atoms with Gasteiger partial charge in [-0.2, -0.15) is 0 Å². The fourth-order valence-electron chi connectivity index (χ4n) is 2.65. The lowest BCUT2D eigenvalue weighted by molar-refractivity contribution is -0.0102. The second kappa shape index (κ2) is 5.13. The van der Waals surface area contributed by atoms with E-state index < -0.39 is 0 Å². The Morgan fingerprint density at radius 3 is 2.36 bits per heavy atom. The van der Waals surface area contributed by atoms with E-state index in [0.717, 1.165) is 6.54 Å². The van der Waals surface area contributed by atoms with Crippen LogP contribution in [0.2, 0.25) is 0 Å². The molecular formula is C12H25NO. The Bertz CT molecular complexity index is 162. The lowest BCUT2D eigenvalue weighted by Crippen LogP contribution is -2.42. The van der Waals surface area contributed by atoms with Gasteiger partial charge in [-0.15, -0.1) is 0 Å². The molecule has 1 saturated carbocycles. The molecule has 0 aromatic carbocycles. The summed E-state index contributed by atoms with van der Waals surface area (Å²) in [5, 5.41) is 13.5. The number of hydrogen-bond acceptors (Lipinski definition) is 2. The zero-order valence-electron chi connectivity index (χ0n) is 9.84. The molecule has 1 aliphatic rings. The molecule has 2 heteroatoms. The van der Waals surface area contributed by atoms with Crippen molar-refractivity contribution in [3.05, 3.63) is 0 Å². The highest BCUT2D eigenvalue weighted by molar-refractivity contribution is 4.86. The zero-order valence-corrected chi connectivity index (χ0v) is 9.84. The van der Waals surface area contributed by atoms with E-state index in [1.807, 2.05) is 7.05 Å². The van der Waals surface area contributed by atoms with Gasteiger partial charge in [-0.3, -0.25) is 0 Å². The third kappa shape index (κ3) is 2.96. The summed E-state index contributed by atoms with van der Waals surface area (Å²) in [4.78, 5) is 0. The Hall–Kier alpha value is -0.0800. The normalized spacial score (nSPS) is 22.3. The first kappa shape index (κ1) is 12.0. The molecule has 0 aromatic heterocycles. The molecule has 2 nitrogen and oxygen atoms in total. The second-order valence-corrected chi connectivity index (χ2v) is 5.36. The van der Waals surface area contributed by atoms with E-state index in [4.69, 9.17) is 0 Å². The van der Waals surface area contributed by atoms with Crippen molar-refractivity contribution in [1.82, 2.24) is 5.32 Å². The van der Waals surface area contributed by atoms with Crippen molar-refractivity contribution < 1.29 is 5.11 Å². The second-order valence-electron chi connectivity index (χ2n) is 5.36. The topological polar surface area (TPSA) is 32.3 Å². The standard InChI is InChI=1S/C12H25NO/c1-12(2,9-13-3)11(14)10-7-5-4-6-8-10/h10-11,13-14H,4-9H2,1-3H3.